The Hall–Kier alpha value is -0.900. The predicted octanol–water partition coefficient (Wildman–Crippen LogP) is 3.89. The molecular formula is C17H24N2S. The van der Waals surface area contributed by atoms with Gasteiger partial charge in [0.2, 0.25) is 0 Å². The number of hydrogen-bond acceptors (Lipinski definition) is 3. The largest absolute Gasteiger partial charge is 0.319 e. The van der Waals surface area contributed by atoms with Gasteiger partial charge < -0.3 is 5.32 Å². The van der Waals surface area contributed by atoms with E-state index in [1.807, 2.05) is 11.3 Å². The third-order valence-electron chi connectivity index (χ3n) is 4.55. The van der Waals surface area contributed by atoms with E-state index < -0.39 is 0 Å². The lowest BCUT2D eigenvalue weighted by Crippen LogP contribution is -2.33. The SMILES string of the molecule is CNCC1CCCCN(C)C1c1csc2ccccc12. The first-order valence-electron chi connectivity index (χ1n) is 7.62. The maximum atomic E-state index is 3.40. The zero-order valence-corrected chi connectivity index (χ0v) is 13.2. The lowest BCUT2D eigenvalue weighted by molar-refractivity contribution is 0.192. The highest BCUT2D eigenvalue weighted by atomic mass is 32.1. The molecule has 0 spiro atoms. The second kappa shape index (κ2) is 6.25. The van der Waals surface area contributed by atoms with Crippen LogP contribution in [-0.4, -0.2) is 32.1 Å². The first kappa shape index (κ1) is 14.1. The molecule has 0 bridgehead atoms. The molecule has 1 saturated heterocycles. The molecule has 1 aromatic heterocycles. The van der Waals surface area contributed by atoms with Crippen LogP contribution in [0.25, 0.3) is 10.1 Å². The maximum Gasteiger partial charge on any atom is 0.0399 e. The van der Waals surface area contributed by atoms with Gasteiger partial charge in [-0.15, -0.1) is 11.3 Å². The maximum absolute atomic E-state index is 3.40. The normalized spacial score (nSPS) is 24.9. The van der Waals surface area contributed by atoms with Crippen LogP contribution in [0.15, 0.2) is 29.6 Å². The van der Waals surface area contributed by atoms with Crippen LogP contribution in [0, 0.1) is 5.92 Å². The highest BCUT2D eigenvalue weighted by Crippen LogP contribution is 2.39. The van der Waals surface area contributed by atoms with E-state index in [4.69, 9.17) is 0 Å². The minimum atomic E-state index is 0.557. The molecule has 0 saturated carbocycles. The van der Waals surface area contributed by atoms with E-state index >= 15 is 0 Å². The van der Waals surface area contributed by atoms with Crippen molar-refractivity contribution >= 4 is 21.4 Å². The monoisotopic (exact) mass is 288 g/mol. The summed E-state index contributed by atoms with van der Waals surface area (Å²) >= 11 is 1.89. The first-order chi connectivity index (χ1) is 9.81. The summed E-state index contributed by atoms with van der Waals surface area (Å²) in [6, 6.07) is 9.40. The van der Waals surface area contributed by atoms with Crippen LogP contribution in [0.3, 0.4) is 0 Å². The van der Waals surface area contributed by atoms with Crippen molar-refractivity contribution in [2.75, 3.05) is 27.2 Å². The molecule has 1 N–H and O–H groups in total. The van der Waals surface area contributed by atoms with Crippen LogP contribution in [0.2, 0.25) is 0 Å². The summed E-state index contributed by atoms with van der Waals surface area (Å²) in [5.41, 5.74) is 1.54. The summed E-state index contributed by atoms with van der Waals surface area (Å²) in [5, 5.41) is 7.25. The molecule has 108 valence electrons. The molecule has 2 unspecified atom stereocenters. The topological polar surface area (TPSA) is 15.3 Å². The van der Waals surface area contributed by atoms with Crippen LogP contribution < -0.4 is 5.32 Å². The van der Waals surface area contributed by atoms with Crippen molar-refractivity contribution in [1.29, 1.82) is 0 Å². The quantitative estimate of drug-likeness (QED) is 0.921. The van der Waals surface area contributed by atoms with Crippen molar-refractivity contribution in [3.8, 4) is 0 Å². The highest BCUT2D eigenvalue weighted by Gasteiger charge is 2.30. The number of hydrogen-bond donors (Lipinski definition) is 1. The fourth-order valence-corrected chi connectivity index (χ4v) is 4.61. The summed E-state index contributed by atoms with van der Waals surface area (Å²) in [7, 11) is 4.37. The lowest BCUT2D eigenvalue weighted by Gasteiger charge is -2.32. The Balaban J connectivity index is 2.02. The summed E-state index contributed by atoms with van der Waals surface area (Å²) in [4.78, 5) is 2.57. The summed E-state index contributed by atoms with van der Waals surface area (Å²) in [6.45, 7) is 2.33. The van der Waals surface area contributed by atoms with Crippen LogP contribution >= 0.6 is 11.3 Å². The molecule has 2 nitrogen and oxygen atoms in total. The van der Waals surface area contributed by atoms with Crippen molar-refractivity contribution in [1.82, 2.24) is 10.2 Å². The second-order valence-corrected chi connectivity index (χ2v) is 6.84. The third kappa shape index (κ3) is 2.62. The van der Waals surface area contributed by atoms with Gasteiger partial charge in [-0.25, -0.2) is 0 Å². The zero-order valence-electron chi connectivity index (χ0n) is 12.4. The van der Waals surface area contributed by atoms with Crippen LogP contribution in [0.4, 0.5) is 0 Å². The van der Waals surface area contributed by atoms with Gasteiger partial charge in [0.25, 0.3) is 0 Å². The molecule has 20 heavy (non-hydrogen) atoms. The van der Waals surface area contributed by atoms with Gasteiger partial charge in [-0.1, -0.05) is 24.6 Å². The number of nitrogens with one attached hydrogen (secondary N) is 1. The fraction of sp³-hybridized carbons (Fsp3) is 0.529. The van der Waals surface area contributed by atoms with Gasteiger partial charge in [0, 0.05) is 10.7 Å². The van der Waals surface area contributed by atoms with Gasteiger partial charge in [0.05, 0.1) is 0 Å². The minimum absolute atomic E-state index is 0.557. The molecule has 0 aliphatic carbocycles. The molecule has 0 radical (unpaired) electrons. The molecule has 2 aromatic rings. The van der Waals surface area contributed by atoms with Crippen LogP contribution in [0.1, 0.15) is 30.9 Å². The van der Waals surface area contributed by atoms with Crippen molar-refractivity contribution in [3.63, 3.8) is 0 Å². The van der Waals surface area contributed by atoms with Crippen LogP contribution in [0.5, 0.6) is 0 Å². The lowest BCUT2D eigenvalue weighted by atomic mass is 9.89. The Labute approximate surface area is 125 Å². The van der Waals surface area contributed by atoms with E-state index in [9.17, 15) is 0 Å². The van der Waals surface area contributed by atoms with Crippen LogP contribution in [-0.2, 0) is 0 Å². The number of nitrogens with zero attached hydrogens (tertiary/aromatic N) is 1. The molecule has 2 atom stereocenters. The summed E-state index contributed by atoms with van der Waals surface area (Å²) in [6.07, 6.45) is 4.02. The molecule has 1 fully saturated rings. The standard InChI is InChI=1S/C17H24N2S/c1-18-11-13-7-5-6-10-19(2)17(13)15-12-20-16-9-4-3-8-14(15)16/h3-4,8-9,12-13,17-18H,5-7,10-11H2,1-2H3. The Bertz CT molecular complexity index is 563. The summed E-state index contributed by atoms with van der Waals surface area (Å²) in [5.74, 6) is 0.713. The molecule has 0 amide bonds. The Morgan fingerprint density at radius 1 is 1.30 bits per heavy atom. The number of fused-ring (bicyclic) bond motifs is 1. The highest BCUT2D eigenvalue weighted by molar-refractivity contribution is 7.17. The molecule has 1 aliphatic rings. The van der Waals surface area contributed by atoms with E-state index in [1.54, 1.807) is 0 Å². The Kier molecular flexibility index (Phi) is 4.39. The minimum Gasteiger partial charge on any atom is -0.319 e. The van der Waals surface area contributed by atoms with Crippen molar-refractivity contribution in [3.05, 3.63) is 35.2 Å². The van der Waals surface area contributed by atoms with Gasteiger partial charge in [0.15, 0.2) is 0 Å². The van der Waals surface area contributed by atoms with E-state index in [2.05, 4.69) is 54.0 Å². The van der Waals surface area contributed by atoms with Gasteiger partial charge in [0.1, 0.15) is 0 Å². The number of rotatable bonds is 3. The van der Waals surface area contributed by atoms with Crippen molar-refractivity contribution in [2.45, 2.75) is 25.3 Å². The average Bonchev–Trinajstić information content (AvgIpc) is 2.79. The Morgan fingerprint density at radius 2 is 2.15 bits per heavy atom. The molecule has 1 aliphatic heterocycles. The van der Waals surface area contributed by atoms with Gasteiger partial charge in [-0.2, -0.15) is 0 Å². The van der Waals surface area contributed by atoms with E-state index in [1.165, 1.54) is 41.5 Å². The van der Waals surface area contributed by atoms with Gasteiger partial charge in [-0.3, -0.25) is 4.90 Å². The van der Waals surface area contributed by atoms with Crippen molar-refractivity contribution < 1.29 is 0 Å². The zero-order chi connectivity index (χ0) is 13.9. The average molecular weight is 288 g/mol. The van der Waals surface area contributed by atoms with E-state index in [0.29, 0.717) is 12.0 Å². The second-order valence-electron chi connectivity index (χ2n) is 5.93. The summed E-state index contributed by atoms with van der Waals surface area (Å²) < 4.78 is 1.42. The number of thiophene rings is 1. The number of benzene rings is 1. The first-order valence-corrected chi connectivity index (χ1v) is 8.50. The van der Waals surface area contributed by atoms with Gasteiger partial charge >= 0.3 is 0 Å². The molecule has 2 heterocycles. The van der Waals surface area contributed by atoms with Gasteiger partial charge in [-0.05, 0) is 68.3 Å². The van der Waals surface area contributed by atoms with E-state index in [0.717, 1.165) is 6.54 Å². The fourth-order valence-electron chi connectivity index (χ4n) is 3.62. The molecule has 1 aromatic carbocycles. The third-order valence-corrected chi connectivity index (χ3v) is 5.53. The van der Waals surface area contributed by atoms with Crippen molar-refractivity contribution in [2.24, 2.45) is 5.92 Å². The predicted molar refractivity (Wildman–Crippen MR) is 88.5 cm³/mol. The smallest absolute Gasteiger partial charge is 0.0399 e. The molecule has 3 rings (SSSR count). The van der Waals surface area contributed by atoms with E-state index in [-0.39, 0.29) is 0 Å². The Morgan fingerprint density at radius 3 is 3.00 bits per heavy atom. The molecular weight excluding hydrogens is 264 g/mol. The molecule has 3 heteroatoms. The number of likely N-dealkylation sites (tertiary alicyclic amines) is 1.